The summed E-state index contributed by atoms with van der Waals surface area (Å²) in [7, 11) is 3.91. The Bertz CT molecular complexity index is 1060. The normalized spacial score (nSPS) is 30.7. The molecule has 4 atom stereocenters. The Morgan fingerprint density at radius 1 is 1.20 bits per heavy atom. The van der Waals surface area contributed by atoms with Gasteiger partial charge in [0.05, 0.1) is 12.7 Å². The highest BCUT2D eigenvalue weighted by Crippen LogP contribution is 2.63. The second kappa shape index (κ2) is 6.35. The van der Waals surface area contributed by atoms with E-state index in [0.29, 0.717) is 23.3 Å². The highest BCUT2D eigenvalue weighted by Gasteiger charge is 2.64. The van der Waals surface area contributed by atoms with Gasteiger partial charge in [-0.3, -0.25) is 0 Å². The lowest BCUT2D eigenvalue weighted by Gasteiger charge is -2.56. The van der Waals surface area contributed by atoms with E-state index in [-0.39, 0.29) is 17.5 Å². The van der Waals surface area contributed by atoms with E-state index in [9.17, 15) is 4.79 Å². The Morgan fingerprint density at radius 2 is 2.03 bits per heavy atom. The number of ether oxygens (including phenoxy) is 3. The lowest BCUT2D eigenvalue weighted by molar-refractivity contribution is -0.0272. The van der Waals surface area contributed by atoms with Crippen molar-refractivity contribution in [1.82, 2.24) is 4.90 Å². The summed E-state index contributed by atoms with van der Waals surface area (Å²) in [4.78, 5) is 15.3. The van der Waals surface area contributed by atoms with Crippen LogP contribution >= 0.6 is 0 Å². The minimum absolute atomic E-state index is 0.157. The van der Waals surface area contributed by atoms with Gasteiger partial charge in [0.2, 0.25) is 0 Å². The number of likely N-dealkylation sites (N-methyl/N-ethyl adjacent to an activating group) is 1. The average Bonchev–Trinajstić information content (AvgIpc) is 3.13. The van der Waals surface area contributed by atoms with Gasteiger partial charge in [-0.1, -0.05) is 24.3 Å². The van der Waals surface area contributed by atoms with Crippen LogP contribution in [0.3, 0.4) is 0 Å². The zero-order valence-electron chi connectivity index (χ0n) is 17.3. The molecule has 5 heteroatoms. The minimum Gasteiger partial charge on any atom is -0.493 e. The van der Waals surface area contributed by atoms with Crippen molar-refractivity contribution >= 4 is 5.97 Å². The fraction of sp³-hybridized carbons (Fsp3) is 0.400. The molecule has 2 aromatic carbocycles. The quantitative estimate of drug-likeness (QED) is 0.731. The summed E-state index contributed by atoms with van der Waals surface area (Å²) in [5.74, 6) is 2.37. The fourth-order valence-electron chi connectivity index (χ4n) is 6.30. The molecule has 6 rings (SSSR count). The average molecular weight is 403 g/mol. The number of likely N-dealkylation sites (tertiary alicyclic amines) is 1. The Labute approximate surface area is 176 Å². The number of hydrogen-bond donors (Lipinski definition) is 0. The van der Waals surface area contributed by atoms with E-state index < -0.39 is 0 Å². The Balaban J connectivity index is 1.46. The first-order valence-electron chi connectivity index (χ1n) is 10.7. The highest BCUT2D eigenvalue weighted by molar-refractivity contribution is 5.90. The largest absolute Gasteiger partial charge is 0.493 e. The number of piperidine rings is 1. The van der Waals surface area contributed by atoms with Crippen LogP contribution in [0.2, 0.25) is 0 Å². The number of nitrogens with zero attached hydrogens (tertiary/aromatic N) is 1. The first kappa shape index (κ1) is 18.0. The van der Waals surface area contributed by atoms with Crippen molar-refractivity contribution in [1.29, 1.82) is 0 Å². The number of carbonyl (C=O) groups excluding carboxylic acids is 1. The van der Waals surface area contributed by atoms with Crippen LogP contribution in [0.25, 0.3) is 0 Å². The Hall–Kier alpha value is -2.79. The first-order valence-corrected chi connectivity index (χ1v) is 10.7. The lowest BCUT2D eigenvalue weighted by atomic mass is 9.53. The molecular formula is C25H25NO4. The maximum absolute atomic E-state index is 12.8. The van der Waals surface area contributed by atoms with Crippen LogP contribution in [0.4, 0.5) is 0 Å². The molecule has 0 saturated carbocycles. The van der Waals surface area contributed by atoms with Crippen molar-refractivity contribution in [2.45, 2.75) is 36.8 Å². The van der Waals surface area contributed by atoms with E-state index in [1.54, 1.807) is 19.2 Å². The van der Waals surface area contributed by atoms with Crippen LogP contribution in [0.15, 0.2) is 54.3 Å². The number of allylic oxidation sites excluding steroid dienone is 1. The number of methoxy groups -OCH3 is 1. The van der Waals surface area contributed by atoms with E-state index >= 15 is 0 Å². The van der Waals surface area contributed by atoms with Gasteiger partial charge in [-0.25, -0.2) is 4.79 Å². The van der Waals surface area contributed by atoms with Gasteiger partial charge in [0, 0.05) is 17.0 Å². The van der Waals surface area contributed by atoms with Gasteiger partial charge in [0.25, 0.3) is 0 Å². The highest BCUT2D eigenvalue weighted by atomic mass is 16.6. The van der Waals surface area contributed by atoms with Crippen molar-refractivity contribution < 1.29 is 19.0 Å². The molecule has 1 saturated heterocycles. The smallest absolute Gasteiger partial charge is 0.343 e. The van der Waals surface area contributed by atoms with Crippen LogP contribution in [0.1, 0.15) is 34.3 Å². The van der Waals surface area contributed by atoms with Gasteiger partial charge in [-0.2, -0.15) is 0 Å². The number of rotatable bonds is 3. The Kier molecular flexibility index (Phi) is 3.81. The van der Waals surface area contributed by atoms with Gasteiger partial charge in [0.15, 0.2) is 17.6 Å². The predicted octanol–water partition coefficient (Wildman–Crippen LogP) is 3.72. The number of benzene rings is 2. The predicted molar refractivity (Wildman–Crippen MR) is 112 cm³/mol. The molecule has 2 aliphatic heterocycles. The second-order valence-electron chi connectivity index (χ2n) is 8.88. The molecule has 2 aliphatic carbocycles. The first-order chi connectivity index (χ1) is 14.6. The molecule has 154 valence electrons. The van der Waals surface area contributed by atoms with Crippen LogP contribution in [-0.4, -0.2) is 43.7 Å². The zero-order chi connectivity index (χ0) is 20.5. The van der Waals surface area contributed by atoms with Crippen molar-refractivity contribution in [2.24, 2.45) is 5.92 Å². The summed E-state index contributed by atoms with van der Waals surface area (Å²) in [5.41, 5.74) is 3.03. The molecule has 5 nitrogen and oxygen atoms in total. The van der Waals surface area contributed by atoms with Crippen molar-refractivity contribution in [3.05, 3.63) is 71.0 Å². The minimum atomic E-state index is -0.330. The molecule has 1 unspecified atom stereocenters. The molecule has 2 heterocycles. The van der Waals surface area contributed by atoms with Gasteiger partial charge in [-0.05, 0) is 68.6 Å². The molecule has 1 fully saturated rings. The summed E-state index contributed by atoms with van der Waals surface area (Å²) in [5, 5.41) is 0. The molecule has 0 aromatic heterocycles. The molecular weight excluding hydrogens is 378 g/mol. The molecule has 0 N–H and O–H groups in total. The number of esters is 1. The summed E-state index contributed by atoms with van der Waals surface area (Å²) >= 11 is 0. The fourth-order valence-corrected chi connectivity index (χ4v) is 6.30. The van der Waals surface area contributed by atoms with Gasteiger partial charge >= 0.3 is 5.97 Å². The number of carbonyl (C=O) groups is 1. The third-order valence-electron chi connectivity index (χ3n) is 7.65. The molecule has 30 heavy (non-hydrogen) atoms. The molecule has 4 aliphatic rings. The van der Waals surface area contributed by atoms with Gasteiger partial charge in [0.1, 0.15) is 5.76 Å². The molecule has 2 bridgehead atoms. The van der Waals surface area contributed by atoms with Crippen LogP contribution < -0.4 is 9.47 Å². The molecule has 1 spiro atoms. The van der Waals surface area contributed by atoms with Crippen molar-refractivity contribution in [2.75, 3.05) is 20.7 Å². The SMILES string of the molecule is COc1ccc2c3c1O[C@H]1C(OC(=O)c4ccccc4)=CCC4[C@H](C2)N(C)CC[C@@]341. The van der Waals surface area contributed by atoms with Crippen LogP contribution in [0, 0.1) is 5.92 Å². The molecule has 0 amide bonds. The van der Waals surface area contributed by atoms with E-state index in [1.165, 1.54) is 11.1 Å². The van der Waals surface area contributed by atoms with Crippen molar-refractivity contribution in [3.63, 3.8) is 0 Å². The standard InChI is InChI=1S/C25H25NO4/c1-26-13-12-25-17-9-11-20(29-24(27)15-6-4-3-5-7-15)23(25)30-22-19(28-2)10-8-16(21(22)25)14-18(17)26/h3-8,10-11,17-18,23H,9,12-14H2,1-2H3/t17?,18-,23-,25-/m0/s1. The maximum Gasteiger partial charge on any atom is 0.343 e. The van der Waals surface area contributed by atoms with E-state index in [2.05, 4.69) is 24.1 Å². The topological polar surface area (TPSA) is 48.0 Å². The monoisotopic (exact) mass is 403 g/mol. The second-order valence-corrected chi connectivity index (χ2v) is 8.88. The summed E-state index contributed by atoms with van der Waals surface area (Å²) in [6.07, 6.45) is 4.71. The van der Waals surface area contributed by atoms with Crippen molar-refractivity contribution in [3.8, 4) is 11.5 Å². The summed E-state index contributed by atoms with van der Waals surface area (Å²) in [6.45, 7) is 1.01. The summed E-state index contributed by atoms with van der Waals surface area (Å²) < 4.78 is 18.2. The van der Waals surface area contributed by atoms with Gasteiger partial charge in [-0.15, -0.1) is 0 Å². The zero-order valence-corrected chi connectivity index (χ0v) is 17.3. The van der Waals surface area contributed by atoms with E-state index in [1.807, 2.05) is 24.3 Å². The third kappa shape index (κ3) is 2.24. The van der Waals surface area contributed by atoms with E-state index in [0.717, 1.165) is 37.3 Å². The van der Waals surface area contributed by atoms with E-state index in [4.69, 9.17) is 14.2 Å². The number of hydrogen-bond acceptors (Lipinski definition) is 5. The molecule has 0 radical (unpaired) electrons. The molecule has 2 aromatic rings. The Morgan fingerprint density at radius 3 is 2.83 bits per heavy atom. The maximum atomic E-state index is 12.8. The summed E-state index contributed by atoms with van der Waals surface area (Å²) in [6, 6.07) is 13.8. The lowest BCUT2D eigenvalue weighted by Crippen LogP contribution is -2.63. The van der Waals surface area contributed by atoms with Crippen LogP contribution in [0.5, 0.6) is 11.5 Å². The van der Waals surface area contributed by atoms with Gasteiger partial charge < -0.3 is 19.1 Å². The third-order valence-corrected chi connectivity index (χ3v) is 7.65. The van der Waals surface area contributed by atoms with Crippen LogP contribution in [-0.2, 0) is 16.6 Å².